The second-order valence-electron chi connectivity index (χ2n) is 9.75. The molecule has 3 heterocycles. The third kappa shape index (κ3) is 5.38. The van der Waals surface area contributed by atoms with Gasteiger partial charge in [-0.2, -0.15) is 5.10 Å². The lowest BCUT2D eigenvalue weighted by Crippen LogP contribution is -2.46. The zero-order valence-corrected chi connectivity index (χ0v) is 23.3. The highest BCUT2D eigenvalue weighted by Crippen LogP contribution is 2.42. The van der Waals surface area contributed by atoms with Crippen molar-refractivity contribution in [2.45, 2.75) is 29.5 Å². The lowest BCUT2D eigenvalue weighted by Gasteiger charge is -2.36. The summed E-state index contributed by atoms with van der Waals surface area (Å²) in [7, 11) is 0. The average molecular weight is 567 g/mol. The van der Waals surface area contributed by atoms with Gasteiger partial charge in [-0.25, -0.2) is 14.0 Å². The first-order valence-electron chi connectivity index (χ1n) is 13.0. The third-order valence-corrected chi connectivity index (χ3v) is 9.09. The third-order valence-electron chi connectivity index (χ3n) is 7.28. The van der Waals surface area contributed by atoms with Crippen LogP contribution < -0.4 is 10.6 Å². The van der Waals surface area contributed by atoms with Crippen molar-refractivity contribution in [3.05, 3.63) is 105 Å². The van der Waals surface area contributed by atoms with Crippen LogP contribution in [0.2, 0.25) is 10.0 Å². The van der Waals surface area contributed by atoms with Crippen LogP contribution in [0.4, 0.5) is 5.69 Å². The predicted octanol–water partition coefficient (Wildman–Crippen LogP) is 5.94. The van der Waals surface area contributed by atoms with Gasteiger partial charge in [-0.1, -0.05) is 53.5 Å². The molecule has 1 aromatic heterocycles. The Hall–Kier alpha value is -2.71. The van der Waals surface area contributed by atoms with Crippen LogP contribution in [0.3, 0.4) is 0 Å². The molecule has 0 bridgehead atoms. The summed E-state index contributed by atoms with van der Waals surface area (Å²) in [6.07, 6.45) is 1.55. The summed E-state index contributed by atoms with van der Waals surface area (Å²) in [6, 6.07) is 24.2. The molecule has 3 aromatic carbocycles. The Balaban J connectivity index is 1.14. The first-order chi connectivity index (χ1) is 18.5. The van der Waals surface area contributed by atoms with Crippen molar-refractivity contribution < 1.29 is 0 Å². The maximum atomic E-state index is 13.5. The maximum Gasteiger partial charge on any atom is 0.350 e. The van der Waals surface area contributed by atoms with E-state index in [1.807, 2.05) is 53.1 Å². The number of hydrogen-bond donors (Lipinski definition) is 0. The second kappa shape index (κ2) is 11.2. The molecule has 1 saturated heterocycles. The molecule has 38 heavy (non-hydrogen) atoms. The smallest absolute Gasteiger partial charge is 0.350 e. The number of aryl methyl sites for hydroxylation is 1. The molecular formula is C29H29Cl2N5OS. The minimum absolute atomic E-state index is 0.0596. The molecule has 2 aliphatic heterocycles. The number of nitrogens with zero attached hydrogens (tertiary/aromatic N) is 5. The summed E-state index contributed by atoms with van der Waals surface area (Å²) in [6.45, 7) is 5.48. The molecule has 2 aliphatic rings. The van der Waals surface area contributed by atoms with Gasteiger partial charge in [0, 0.05) is 71.6 Å². The number of benzene rings is 3. The molecule has 6 rings (SSSR count). The van der Waals surface area contributed by atoms with Crippen LogP contribution in [-0.2, 0) is 13.0 Å². The predicted molar refractivity (Wildman–Crippen MR) is 156 cm³/mol. The molecule has 1 atom stereocenters. The first-order valence-corrected chi connectivity index (χ1v) is 14.6. The molecule has 0 amide bonds. The molecule has 0 radical (unpaired) electrons. The van der Waals surface area contributed by atoms with Gasteiger partial charge in [0.25, 0.3) is 0 Å². The van der Waals surface area contributed by atoms with E-state index in [0.717, 1.165) is 65.6 Å². The SMILES string of the molecule is O=c1n(CCCN2CCN(c3cccc(Cl)c3)CC2)nc2n1-c1ccccc1SC(c1ccc(Cl)cc1)C2. The summed E-state index contributed by atoms with van der Waals surface area (Å²) in [5.74, 6) is 0.808. The van der Waals surface area contributed by atoms with Crippen molar-refractivity contribution >= 4 is 40.7 Å². The highest BCUT2D eigenvalue weighted by molar-refractivity contribution is 7.99. The summed E-state index contributed by atoms with van der Waals surface area (Å²) in [5, 5.41) is 6.48. The van der Waals surface area contributed by atoms with Gasteiger partial charge in [0.05, 0.1) is 5.69 Å². The number of fused-ring (bicyclic) bond motifs is 3. The number of anilines is 1. The van der Waals surface area contributed by atoms with E-state index in [2.05, 4.69) is 34.1 Å². The van der Waals surface area contributed by atoms with Gasteiger partial charge in [-0.15, -0.1) is 11.8 Å². The highest BCUT2D eigenvalue weighted by atomic mass is 35.5. The van der Waals surface area contributed by atoms with Crippen LogP contribution in [0.1, 0.15) is 23.1 Å². The Kier molecular flexibility index (Phi) is 7.52. The molecule has 9 heteroatoms. The van der Waals surface area contributed by atoms with Crippen molar-refractivity contribution in [3.8, 4) is 5.69 Å². The zero-order chi connectivity index (χ0) is 26.1. The van der Waals surface area contributed by atoms with Crippen LogP contribution in [0, 0.1) is 0 Å². The molecule has 1 fully saturated rings. The topological polar surface area (TPSA) is 46.3 Å². The van der Waals surface area contributed by atoms with Gasteiger partial charge in [-0.05, 0) is 54.4 Å². The van der Waals surface area contributed by atoms with E-state index >= 15 is 0 Å². The number of thioether (sulfide) groups is 1. The molecule has 1 unspecified atom stereocenters. The molecule has 4 aromatic rings. The molecule has 196 valence electrons. The van der Waals surface area contributed by atoms with Gasteiger partial charge >= 0.3 is 5.69 Å². The zero-order valence-electron chi connectivity index (χ0n) is 21.0. The van der Waals surface area contributed by atoms with Gasteiger partial charge in [0.1, 0.15) is 5.82 Å². The van der Waals surface area contributed by atoms with Gasteiger partial charge in [0.15, 0.2) is 0 Å². The number of piperazine rings is 1. The fourth-order valence-corrected chi connectivity index (χ4v) is 6.86. The summed E-state index contributed by atoms with van der Waals surface area (Å²) in [4.78, 5) is 19.5. The Morgan fingerprint density at radius 1 is 0.868 bits per heavy atom. The molecule has 0 N–H and O–H groups in total. The number of aromatic nitrogens is 3. The average Bonchev–Trinajstić information content (AvgIpc) is 3.13. The Labute approximate surface area is 236 Å². The van der Waals surface area contributed by atoms with E-state index in [4.69, 9.17) is 28.3 Å². The molecule has 6 nitrogen and oxygen atoms in total. The lowest BCUT2D eigenvalue weighted by molar-refractivity contribution is 0.248. The van der Waals surface area contributed by atoms with Crippen molar-refractivity contribution in [1.29, 1.82) is 0 Å². The molecule has 0 aliphatic carbocycles. The highest BCUT2D eigenvalue weighted by Gasteiger charge is 2.27. The van der Waals surface area contributed by atoms with Gasteiger partial charge in [-0.3, -0.25) is 4.90 Å². The van der Waals surface area contributed by atoms with E-state index in [1.54, 1.807) is 16.4 Å². The number of halogens is 2. The van der Waals surface area contributed by atoms with Crippen LogP contribution in [0.25, 0.3) is 5.69 Å². The van der Waals surface area contributed by atoms with E-state index in [0.29, 0.717) is 13.0 Å². The monoisotopic (exact) mass is 565 g/mol. The second-order valence-corrected chi connectivity index (χ2v) is 11.9. The van der Waals surface area contributed by atoms with Gasteiger partial charge < -0.3 is 4.90 Å². The maximum absolute atomic E-state index is 13.5. The summed E-state index contributed by atoms with van der Waals surface area (Å²) < 4.78 is 3.46. The molecular weight excluding hydrogens is 537 g/mol. The minimum atomic E-state index is -0.0596. The van der Waals surface area contributed by atoms with E-state index in [9.17, 15) is 4.79 Å². The summed E-state index contributed by atoms with van der Waals surface area (Å²) >= 11 is 14.1. The first kappa shape index (κ1) is 25.6. The van der Waals surface area contributed by atoms with Crippen LogP contribution in [-0.4, -0.2) is 52.0 Å². The number of para-hydroxylation sites is 1. The largest absolute Gasteiger partial charge is 0.369 e. The van der Waals surface area contributed by atoms with Crippen molar-refractivity contribution in [2.75, 3.05) is 37.6 Å². The number of rotatable bonds is 6. The quantitative estimate of drug-likeness (QED) is 0.289. The molecule has 0 spiro atoms. The van der Waals surface area contributed by atoms with Crippen LogP contribution in [0.15, 0.2) is 82.5 Å². The number of hydrogen-bond acceptors (Lipinski definition) is 5. The van der Waals surface area contributed by atoms with E-state index in [-0.39, 0.29) is 10.9 Å². The fraction of sp³-hybridized carbons (Fsp3) is 0.310. The Morgan fingerprint density at radius 3 is 2.45 bits per heavy atom. The van der Waals surface area contributed by atoms with Crippen molar-refractivity contribution in [3.63, 3.8) is 0 Å². The Morgan fingerprint density at radius 2 is 1.66 bits per heavy atom. The van der Waals surface area contributed by atoms with Crippen molar-refractivity contribution in [2.24, 2.45) is 0 Å². The fourth-order valence-electron chi connectivity index (χ4n) is 5.28. The van der Waals surface area contributed by atoms with Crippen molar-refractivity contribution in [1.82, 2.24) is 19.2 Å². The minimum Gasteiger partial charge on any atom is -0.369 e. The normalized spacial score (nSPS) is 17.6. The Bertz CT molecular complexity index is 1480. The van der Waals surface area contributed by atoms with E-state index in [1.165, 1.54) is 11.3 Å². The summed E-state index contributed by atoms with van der Waals surface area (Å²) in [5.41, 5.74) is 3.22. The van der Waals surface area contributed by atoms with Crippen LogP contribution in [0.5, 0.6) is 0 Å². The van der Waals surface area contributed by atoms with Crippen LogP contribution >= 0.6 is 35.0 Å². The lowest BCUT2D eigenvalue weighted by atomic mass is 10.1. The van der Waals surface area contributed by atoms with Gasteiger partial charge in [0.2, 0.25) is 0 Å². The van der Waals surface area contributed by atoms with E-state index < -0.39 is 0 Å². The molecule has 0 saturated carbocycles. The standard InChI is InChI=1S/C29H29Cl2N5OS/c30-22-11-9-21(10-12-22)27-20-28-32-35(29(37)36(28)25-7-1-2-8-26(25)38-27)14-4-13-33-15-17-34(18-16-33)24-6-3-5-23(31)19-24/h1-3,5-12,19,27H,4,13-18,20H2.